The quantitative estimate of drug-likeness (QED) is 0.381. The Balaban J connectivity index is 1.33. The first-order chi connectivity index (χ1) is 16.5. The van der Waals surface area contributed by atoms with Crippen molar-refractivity contribution in [2.75, 3.05) is 31.0 Å². The van der Waals surface area contributed by atoms with Gasteiger partial charge in [0.25, 0.3) is 5.91 Å². The van der Waals surface area contributed by atoms with Gasteiger partial charge in [0.15, 0.2) is 11.5 Å². The molecular formula is C24H22N6O4. The van der Waals surface area contributed by atoms with Crippen LogP contribution in [0.2, 0.25) is 0 Å². The highest BCUT2D eigenvalue weighted by molar-refractivity contribution is 6.03. The molecule has 0 spiro atoms. The summed E-state index contributed by atoms with van der Waals surface area (Å²) in [5.74, 6) is 1.61. The number of anilines is 3. The van der Waals surface area contributed by atoms with Gasteiger partial charge in [-0.2, -0.15) is 0 Å². The molecule has 34 heavy (non-hydrogen) atoms. The topological polar surface area (TPSA) is 124 Å². The van der Waals surface area contributed by atoms with E-state index >= 15 is 0 Å². The maximum Gasteiger partial charge on any atom is 0.258 e. The van der Waals surface area contributed by atoms with E-state index in [1.54, 1.807) is 43.8 Å². The van der Waals surface area contributed by atoms with Crippen LogP contribution >= 0.6 is 0 Å². The summed E-state index contributed by atoms with van der Waals surface area (Å²) in [6.45, 7) is 3.09. The molecule has 10 nitrogen and oxygen atoms in total. The molecular weight excluding hydrogens is 436 g/mol. The molecule has 10 heteroatoms. The second-order valence-corrected chi connectivity index (χ2v) is 8.01. The van der Waals surface area contributed by atoms with Gasteiger partial charge in [0.1, 0.15) is 24.4 Å². The van der Waals surface area contributed by atoms with Gasteiger partial charge in [-0.05, 0) is 25.1 Å². The number of carbonyl (C=O) groups excluding carboxylic acids is 1. The predicted molar refractivity (Wildman–Crippen MR) is 126 cm³/mol. The van der Waals surface area contributed by atoms with Gasteiger partial charge >= 0.3 is 0 Å². The molecule has 172 valence electrons. The van der Waals surface area contributed by atoms with Crippen LogP contribution in [0.5, 0.6) is 11.5 Å². The Morgan fingerprint density at radius 3 is 2.56 bits per heavy atom. The molecule has 1 aliphatic heterocycles. The number of aromatic nitrogens is 4. The van der Waals surface area contributed by atoms with Gasteiger partial charge in [0.05, 0.1) is 37.3 Å². The SMILES string of the molecule is COc1cc2c(Nc3cnc(NC(=O)c4ccccc4)nc3)ncnc2cc1OC[C@@]1(C)CO1. The van der Waals surface area contributed by atoms with E-state index in [9.17, 15) is 4.79 Å². The number of nitrogens with one attached hydrogen (secondary N) is 2. The molecule has 2 aromatic heterocycles. The van der Waals surface area contributed by atoms with Crippen molar-refractivity contribution in [1.82, 2.24) is 19.9 Å². The van der Waals surface area contributed by atoms with Gasteiger partial charge in [-0.3, -0.25) is 10.1 Å². The highest BCUT2D eigenvalue weighted by Gasteiger charge is 2.40. The van der Waals surface area contributed by atoms with E-state index in [-0.39, 0.29) is 17.5 Å². The fourth-order valence-electron chi connectivity index (χ4n) is 3.23. The number of epoxide rings is 1. The number of hydrogen-bond donors (Lipinski definition) is 2. The number of amides is 1. The summed E-state index contributed by atoms with van der Waals surface area (Å²) in [6, 6.07) is 12.5. The van der Waals surface area contributed by atoms with Crippen LogP contribution in [0, 0.1) is 0 Å². The molecule has 0 radical (unpaired) electrons. The molecule has 1 atom stereocenters. The van der Waals surface area contributed by atoms with Crippen LogP contribution in [0.15, 0.2) is 61.2 Å². The first kappa shape index (κ1) is 21.5. The third-order valence-electron chi connectivity index (χ3n) is 5.27. The van der Waals surface area contributed by atoms with Crippen molar-refractivity contribution in [2.24, 2.45) is 0 Å². The lowest BCUT2D eigenvalue weighted by molar-refractivity contribution is 0.102. The molecule has 4 aromatic rings. The zero-order chi connectivity index (χ0) is 23.5. The minimum atomic E-state index is -0.282. The van der Waals surface area contributed by atoms with E-state index in [1.165, 1.54) is 6.33 Å². The summed E-state index contributed by atoms with van der Waals surface area (Å²) in [7, 11) is 1.58. The Bertz CT molecular complexity index is 1330. The lowest BCUT2D eigenvalue weighted by atomic mass is 10.2. The van der Waals surface area contributed by atoms with Gasteiger partial charge < -0.3 is 19.5 Å². The molecule has 1 fully saturated rings. The summed E-state index contributed by atoms with van der Waals surface area (Å²) >= 11 is 0. The van der Waals surface area contributed by atoms with E-state index in [2.05, 4.69) is 30.6 Å². The molecule has 1 amide bonds. The number of hydrogen-bond acceptors (Lipinski definition) is 9. The highest BCUT2D eigenvalue weighted by atomic mass is 16.6. The zero-order valence-corrected chi connectivity index (χ0v) is 18.6. The summed E-state index contributed by atoms with van der Waals surface area (Å²) in [5.41, 5.74) is 1.56. The van der Waals surface area contributed by atoms with Crippen molar-refractivity contribution in [3.63, 3.8) is 0 Å². The van der Waals surface area contributed by atoms with Gasteiger partial charge in [-0.1, -0.05) is 18.2 Å². The number of benzene rings is 2. The van der Waals surface area contributed by atoms with Gasteiger partial charge in [0, 0.05) is 17.0 Å². The van der Waals surface area contributed by atoms with Gasteiger partial charge in [-0.25, -0.2) is 19.9 Å². The Kier molecular flexibility index (Phi) is 5.64. The number of carbonyl (C=O) groups is 1. The largest absolute Gasteiger partial charge is 0.493 e. The molecule has 0 aliphatic carbocycles. The van der Waals surface area contributed by atoms with Crippen molar-refractivity contribution in [1.29, 1.82) is 0 Å². The fraction of sp³-hybridized carbons (Fsp3) is 0.208. The van der Waals surface area contributed by atoms with E-state index in [4.69, 9.17) is 14.2 Å². The maximum atomic E-state index is 12.3. The standard InChI is InChI=1S/C24H22N6O4/c1-24(13-34-24)12-33-20-9-18-17(8-19(20)32-2)21(28-14-27-18)29-16-10-25-23(26-11-16)30-22(31)15-6-4-3-5-7-15/h3-11,14H,12-13H2,1-2H3,(H,27,28,29)(H,25,26,30,31)/t24-/m0/s1. The van der Waals surface area contributed by atoms with Crippen LogP contribution in [0.1, 0.15) is 17.3 Å². The molecule has 0 bridgehead atoms. The van der Waals surface area contributed by atoms with Crippen LogP contribution < -0.4 is 20.1 Å². The highest BCUT2D eigenvalue weighted by Crippen LogP contribution is 2.36. The van der Waals surface area contributed by atoms with Gasteiger partial charge in [-0.15, -0.1) is 0 Å². The summed E-state index contributed by atoms with van der Waals surface area (Å²) in [5, 5.41) is 6.60. The van der Waals surface area contributed by atoms with Crippen molar-refractivity contribution >= 4 is 34.3 Å². The third kappa shape index (κ3) is 4.71. The number of ether oxygens (including phenoxy) is 3. The molecule has 5 rings (SSSR count). The first-order valence-corrected chi connectivity index (χ1v) is 10.6. The Hall–Kier alpha value is -4.31. The Morgan fingerprint density at radius 1 is 1.09 bits per heavy atom. The second-order valence-electron chi connectivity index (χ2n) is 8.01. The van der Waals surface area contributed by atoms with Crippen molar-refractivity contribution in [2.45, 2.75) is 12.5 Å². The van der Waals surface area contributed by atoms with Crippen molar-refractivity contribution in [3.05, 3.63) is 66.7 Å². The van der Waals surface area contributed by atoms with Crippen molar-refractivity contribution in [3.8, 4) is 11.5 Å². The summed E-state index contributed by atoms with van der Waals surface area (Å²) in [4.78, 5) is 29.4. The minimum Gasteiger partial charge on any atom is -0.493 e. The van der Waals surface area contributed by atoms with Crippen LogP contribution in [0.4, 0.5) is 17.5 Å². The van der Waals surface area contributed by atoms with Gasteiger partial charge in [0.2, 0.25) is 5.95 Å². The van der Waals surface area contributed by atoms with E-state index < -0.39 is 0 Å². The molecule has 3 heterocycles. The molecule has 2 N–H and O–H groups in total. The number of nitrogens with zero attached hydrogens (tertiary/aromatic N) is 4. The number of rotatable bonds is 8. The first-order valence-electron chi connectivity index (χ1n) is 10.6. The third-order valence-corrected chi connectivity index (χ3v) is 5.27. The van der Waals surface area contributed by atoms with Crippen LogP contribution in [-0.2, 0) is 4.74 Å². The number of methoxy groups -OCH3 is 1. The molecule has 2 aromatic carbocycles. The van der Waals surface area contributed by atoms with E-state index in [0.29, 0.717) is 47.3 Å². The lowest BCUT2D eigenvalue weighted by Gasteiger charge is -2.14. The van der Waals surface area contributed by atoms with Crippen LogP contribution in [-0.4, -0.2) is 51.8 Å². The molecule has 1 aliphatic rings. The Labute approximate surface area is 195 Å². The second kappa shape index (κ2) is 8.91. The monoisotopic (exact) mass is 458 g/mol. The average Bonchev–Trinajstić information content (AvgIpc) is 3.61. The maximum absolute atomic E-state index is 12.3. The molecule has 1 saturated heterocycles. The smallest absolute Gasteiger partial charge is 0.258 e. The number of fused-ring (bicyclic) bond motifs is 1. The van der Waals surface area contributed by atoms with E-state index in [1.807, 2.05) is 25.1 Å². The zero-order valence-electron chi connectivity index (χ0n) is 18.6. The van der Waals surface area contributed by atoms with Crippen LogP contribution in [0.25, 0.3) is 10.9 Å². The lowest BCUT2D eigenvalue weighted by Crippen LogP contribution is -2.17. The molecule has 0 unspecified atom stereocenters. The van der Waals surface area contributed by atoms with E-state index in [0.717, 1.165) is 5.39 Å². The van der Waals surface area contributed by atoms with Crippen LogP contribution in [0.3, 0.4) is 0 Å². The normalized spacial score (nSPS) is 16.6. The minimum absolute atomic E-state index is 0.198. The predicted octanol–water partition coefficient (Wildman–Crippen LogP) is 3.59. The summed E-state index contributed by atoms with van der Waals surface area (Å²) in [6.07, 6.45) is 4.58. The van der Waals surface area contributed by atoms with Crippen molar-refractivity contribution < 1.29 is 19.0 Å². The fourth-order valence-corrected chi connectivity index (χ4v) is 3.23. The Morgan fingerprint density at radius 2 is 1.85 bits per heavy atom. The molecule has 0 saturated carbocycles. The summed E-state index contributed by atoms with van der Waals surface area (Å²) < 4.78 is 16.8. The average molecular weight is 458 g/mol.